The molecule has 0 radical (unpaired) electrons. The number of aryl methyl sites for hydroxylation is 2. The van der Waals surface area contributed by atoms with Gasteiger partial charge in [0, 0.05) is 32.1 Å². The Balaban J connectivity index is 1.68. The third kappa shape index (κ3) is 10.4. The van der Waals surface area contributed by atoms with Gasteiger partial charge in [-0.05, 0) is 92.1 Å². The van der Waals surface area contributed by atoms with Crippen LogP contribution in [0.25, 0.3) is 11.1 Å². The molecule has 0 aliphatic carbocycles. The van der Waals surface area contributed by atoms with Gasteiger partial charge in [-0.1, -0.05) is 36.4 Å². The van der Waals surface area contributed by atoms with Gasteiger partial charge in [-0.15, -0.1) is 0 Å². The summed E-state index contributed by atoms with van der Waals surface area (Å²) in [4.78, 5) is 10.3. The molecule has 240 valence electrons. The zero-order valence-corrected chi connectivity index (χ0v) is 25.7. The predicted octanol–water partition coefficient (Wildman–Crippen LogP) is 5.90. The van der Waals surface area contributed by atoms with Gasteiger partial charge in [-0.2, -0.15) is 17.5 Å². The smallest absolute Gasteiger partial charge is 0.416 e. The number of aliphatic carboxylic acids is 1. The van der Waals surface area contributed by atoms with E-state index in [1.54, 1.807) is 24.3 Å². The Morgan fingerprint density at radius 2 is 1.52 bits per heavy atom. The Bertz CT molecular complexity index is 1510. The van der Waals surface area contributed by atoms with Crippen LogP contribution in [0.3, 0.4) is 0 Å². The van der Waals surface area contributed by atoms with E-state index in [0.29, 0.717) is 17.2 Å². The fourth-order valence-corrected chi connectivity index (χ4v) is 5.98. The van der Waals surface area contributed by atoms with Gasteiger partial charge in [0.25, 0.3) is 0 Å². The highest BCUT2D eigenvalue weighted by Crippen LogP contribution is 2.35. The van der Waals surface area contributed by atoms with Crippen LogP contribution in [0.4, 0.5) is 17.6 Å². The van der Waals surface area contributed by atoms with Gasteiger partial charge in [0.05, 0.1) is 16.6 Å². The molecule has 0 amide bonds. The van der Waals surface area contributed by atoms with Crippen LogP contribution >= 0.6 is 0 Å². The molecule has 1 atom stereocenters. The summed E-state index contributed by atoms with van der Waals surface area (Å²) in [5.41, 5.74) is 0.495. The van der Waals surface area contributed by atoms with E-state index in [2.05, 4.69) is 5.32 Å². The first-order valence-corrected chi connectivity index (χ1v) is 15.6. The van der Waals surface area contributed by atoms with E-state index in [4.69, 9.17) is 5.11 Å². The van der Waals surface area contributed by atoms with E-state index in [1.807, 2.05) is 13.8 Å². The van der Waals surface area contributed by atoms with E-state index in [1.165, 1.54) is 31.3 Å². The van der Waals surface area contributed by atoms with Gasteiger partial charge in [0.15, 0.2) is 0 Å². The van der Waals surface area contributed by atoms with Crippen molar-refractivity contribution in [2.75, 3.05) is 20.1 Å². The number of carboxylic acids is 1. The van der Waals surface area contributed by atoms with Gasteiger partial charge in [0.2, 0.25) is 10.0 Å². The summed E-state index contributed by atoms with van der Waals surface area (Å²) < 4.78 is 82.1. The van der Waals surface area contributed by atoms with Gasteiger partial charge in [-0.3, -0.25) is 4.79 Å². The third-order valence-electron chi connectivity index (χ3n) is 7.32. The number of nitrogens with zero attached hydrogens (tertiary/aromatic N) is 1. The standard InChI is InChI=1S/C32H38F4N2O5S/c1-31(2,16-4-5-22-8-13-27(33)14-9-22)37-20-28(39)21-38(3)44(42,43)29-18-25(17-26(19-29)32(34,35)36)24-11-6-23(7-12-24)10-15-30(40)41/h6-9,11-14,17-19,28,37,39H,4-5,10,15-16,20-21H2,1-3H3,(H,40,41)/t28-/m1/s1. The van der Waals surface area contributed by atoms with Crippen LogP contribution in [0.2, 0.25) is 0 Å². The number of alkyl halides is 3. The maximum Gasteiger partial charge on any atom is 0.416 e. The molecule has 7 nitrogen and oxygen atoms in total. The van der Waals surface area contributed by atoms with Crippen LogP contribution in [0, 0.1) is 5.82 Å². The second kappa shape index (κ2) is 14.6. The Labute approximate surface area is 255 Å². The number of β-amino-alcohol motifs (C(OH)–C–C–N with tert-alkyl or cyclic N) is 1. The average Bonchev–Trinajstić information content (AvgIpc) is 2.95. The molecule has 0 bridgehead atoms. The minimum atomic E-state index is -4.81. The molecule has 3 aromatic carbocycles. The van der Waals surface area contributed by atoms with E-state index in [0.717, 1.165) is 41.3 Å². The highest BCUT2D eigenvalue weighted by Gasteiger charge is 2.34. The molecule has 3 rings (SSSR count). The van der Waals surface area contributed by atoms with Gasteiger partial charge >= 0.3 is 12.1 Å². The Morgan fingerprint density at radius 1 is 0.932 bits per heavy atom. The molecule has 0 fully saturated rings. The fraction of sp³-hybridized carbons (Fsp3) is 0.406. The minimum absolute atomic E-state index is 0.0289. The quantitative estimate of drug-likeness (QED) is 0.179. The number of benzene rings is 3. The fourth-order valence-electron chi connectivity index (χ4n) is 4.70. The lowest BCUT2D eigenvalue weighted by atomic mass is 9.95. The van der Waals surface area contributed by atoms with Crippen LogP contribution in [0.5, 0.6) is 0 Å². The number of likely N-dealkylation sites (N-methyl/N-ethyl adjacent to an activating group) is 1. The highest BCUT2D eigenvalue weighted by molar-refractivity contribution is 7.89. The number of nitrogens with one attached hydrogen (secondary N) is 1. The Morgan fingerprint density at radius 3 is 2.11 bits per heavy atom. The van der Waals surface area contributed by atoms with Crippen LogP contribution < -0.4 is 5.32 Å². The van der Waals surface area contributed by atoms with Gasteiger partial charge < -0.3 is 15.5 Å². The number of aliphatic hydroxyl groups excluding tert-OH is 1. The van der Waals surface area contributed by atoms with Crippen LogP contribution in [-0.2, 0) is 33.8 Å². The molecule has 0 heterocycles. The molecule has 3 aromatic rings. The normalized spacial score (nSPS) is 13.3. The molecule has 0 aliphatic heterocycles. The lowest BCUT2D eigenvalue weighted by Crippen LogP contribution is -2.46. The summed E-state index contributed by atoms with van der Waals surface area (Å²) in [5, 5.41) is 22.7. The van der Waals surface area contributed by atoms with E-state index in [-0.39, 0.29) is 37.3 Å². The number of carboxylic acid groups (broad SMARTS) is 1. The number of hydrogen-bond donors (Lipinski definition) is 3. The molecule has 3 N–H and O–H groups in total. The van der Waals surface area contributed by atoms with Crippen LogP contribution in [0.15, 0.2) is 71.6 Å². The van der Waals surface area contributed by atoms with Crippen molar-refractivity contribution in [2.45, 2.75) is 68.7 Å². The monoisotopic (exact) mass is 638 g/mol. The molecular formula is C32H38F4N2O5S. The highest BCUT2D eigenvalue weighted by atomic mass is 32.2. The lowest BCUT2D eigenvalue weighted by molar-refractivity contribution is -0.138. The molecular weight excluding hydrogens is 600 g/mol. The van der Waals surface area contributed by atoms with Crippen LogP contribution in [0.1, 0.15) is 49.8 Å². The average molecular weight is 639 g/mol. The molecule has 0 unspecified atom stereocenters. The molecule has 0 spiro atoms. The molecule has 12 heteroatoms. The van der Waals surface area contributed by atoms with Gasteiger partial charge in [-0.25, -0.2) is 12.8 Å². The zero-order valence-electron chi connectivity index (χ0n) is 24.9. The number of rotatable bonds is 15. The third-order valence-corrected chi connectivity index (χ3v) is 9.12. The zero-order chi connectivity index (χ0) is 32.7. The van der Waals surface area contributed by atoms with E-state index >= 15 is 0 Å². The summed E-state index contributed by atoms with van der Waals surface area (Å²) in [6.07, 6.45) is -3.57. The Kier molecular flexibility index (Phi) is 11.7. The van der Waals surface area contributed by atoms with Crippen LogP contribution in [-0.4, -0.2) is 60.7 Å². The van der Waals surface area contributed by atoms with Crippen molar-refractivity contribution in [2.24, 2.45) is 0 Å². The molecule has 0 saturated heterocycles. The van der Waals surface area contributed by atoms with Crippen molar-refractivity contribution in [3.63, 3.8) is 0 Å². The summed E-state index contributed by atoms with van der Waals surface area (Å²) >= 11 is 0. The van der Waals surface area contributed by atoms with Crippen molar-refractivity contribution < 1.29 is 41.0 Å². The molecule has 44 heavy (non-hydrogen) atoms. The molecule has 0 aliphatic rings. The van der Waals surface area contributed by atoms with E-state index < -0.39 is 44.3 Å². The summed E-state index contributed by atoms with van der Waals surface area (Å²) in [7, 11) is -3.22. The van der Waals surface area contributed by atoms with Crippen molar-refractivity contribution in [3.05, 3.63) is 89.2 Å². The maximum absolute atomic E-state index is 13.8. The summed E-state index contributed by atoms with van der Waals surface area (Å²) in [6.45, 7) is 3.57. The number of sulfonamides is 1. The first kappa shape index (κ1) is 35.2. The van der Waals surface area contributed by atoms with Crippen molar-refractivity contribution in [1.29, 1.82) is 0 Å². The first-order valence-electron chi connectivity index (χ1n) is 14.1. The second-order valence-corrected chi connectivity index (χ2v) is 13.6. The Hall–Kier alpha value is -3.32. The van der Waals surface area contributed by atoms with Crippen molar-refractivity contribution in [3.8, 4) is 11.1 Å². The summed E-state index contributed by atoms with van der Waals surface area (Å²) in [6, 6.07) is 15.1. The maximum atomic E-state index is 13.8. The second-order valence-electron chi connectivity index (χ2n) is 11.5. The minimum Gasteiger partial charge on any atom is -0.481 e. The van der Waals surface area contributed by atoms with Crippen molar-refractivity contribution in [1.82, 2.24) is 9.62 Å². The first-order chi connectivity index (χ1) is 20.5. The SMILES string of the molecule is CN(C[C@H](O)CNC(C)(C)CCCc1ccc(F)cc1)S(=O)(=O)c1cc(-c2ccc(CCC(=O)O)cc2)cc(C(F)(F)F)c1. The summed E-state index contributed by atoms with van der Waals surface area (Å²) in [5.74, 6) is -1.28. The number of halogens is 4. The predicted molar refractivity (Wildman–Crippen MR) is 160 cm³/mol. The number of carbonyl (C=O) groups is 1. The largest absolute Gasteiger partial charge is 0.481 e. The molecule has 0 saturated carbocycles. The molecule has 0 aromatic heterocycles. The number of aliphatic hydroxyl groups is 1. The van der Waals surface area contributed by atoms with Crippen molar-refractivity contribution >= 4 is 16.0 Å². The number of hydrogen-bond acceptors (Lipinski definition) is 5. The van der Waals surface area contributed by atoms with E-state index in [9.17, 15) is 35.9 Å². The topological polar surface area (TPSA) is 107 Å². The van der Waals surface area contributed by atoms with Gasteiger partial charge in [0.1, 0.15) is 5.82 Å². The lowest BCUT2D eigenvalue weighted by Gasteiger charge is -2.29.